The van der Waals surface area contributed by atoms with E-state index in [4.69, 9.17) is 4.74 Å². The molecule has 0 unspecified atom stereocenters. The third-order valence-electron chi connectivity index (χ3n) is 3.12. The Hall–Kier alpha value is -1.52. The van der Waals surface area contributed by atoms with Gasteiger partial charge in [0.05, 0.1) is 12.8 Å². The van der Waals surface area contributed by atoms with Gasteiger partial charge in [0.15, 0.2) is 0 Å². The molecule has 5 nitrogen and oxygen atoms in total. The van der Waals surface area contributed by atoms with E-state index in [1.165, 1.54) is 0 Å². The summed E-state index contributed by atoms with van der Waals surface area (Å²) in [6.07, 6.45) is 2.57. The van der Waals surface area contributed by atoms with Crippen LogP contribution in [-0.2, 0) is 6.54 Å². The van der Waals surface area contributed by atoms with Crippen LogP contribution in [0.25, 0.3) is 0 Å². The van der Waals surface area contributed by atoms with Gasteiger partial charge in [-0.2, -0.15) is 5.10 Å². The third-order valence-corrected chi connectivity index (χ3v) is 3.12. The van der Waals surface area contributed by atoms with E-state index in [1.54, 1.807) is 10.9 Å². The van der Waals surface area contributed by atoms with Crippen molar-refractivity contribution in [1.82, 2.24) is 14.7 Å². The highest BCUT2D eigenvalue weighted by molar-refractivity contribution is 5.96. The Bertz CT molecular complexity index is 429. The molecule has 1 aromatic heterocycles. The molecule has 1 amide bonds. The van der Waals surface area contributed by atoms with Gasteiger partial charge in [-0.15, -0.1) is 0 Å². The molecule has 1 aliphatic heterocycles. The Kier molecular flexibility index (Phi) is 3.59. The molecule has 0 radical (unpaired) electrons. The van der Waals surface area contributed by atoms with Gasteiger partial charge in [0, 0.05) is 25.0 Å². The second-order valence-electron chi connectivity index (χ2n) is 5.19. The Balaban J connectivity index is 2.30. The molecule has 0 N–H and O–H groups in total. The lowest BCUT2D eigenvalue weighted by Crippen LogP contribution is -2.42. The lowest BCUT2D eigenvalue weighted by Gasteiger charge is -2.30. The first-order valence-corrected chi connectivity index (χ1v) is 6.53. The monoisotopic (exact) mass is 251 g/mol. The highest BCUT2D eigenvalue weighted by atomic mass is 16.5. The third kappa shape index (κ3) is 2.21. The zero-order valence-electron chi connectivity index (χ0n) is 11.5. The maximum Gasteiger partial charge on any atom is 0.261 e. The van der Waals surface area contributed by atoms with E-state index in [9.17, 15) is 4.79 Å². The molecule has 2 rings (SSSR count). The van der Waals surface area contributed by atoms with Crippen LogP contribution in [0.2, 0.25) is 0 Å². The standard InChI is InChI=1S/C13H21N3O2/c1-9(2)16(10(3)4)12(17)11-8-14-15-6-5-7-18-13(11)15/h8-10H,5-7H2,1-4H3. The average molecular weight is 251 g/mol. The minimum atomic E-state index is 0.00292. The molecule has 5 heteroatoms. The number of hydrogen-bond donors (Lipinski definition) is 0. The summed E-state index contributed by atoms with van der Waals surface area (Å²) in [5.41, 5.74) is 0.581. The van der Waals surface area contributed by atoms with E-state index in [2.05, 4.69) is 5.10 Å². The van der Waals surface area contributed by atoms with Gasteiger partial charge < -0.3 is 9.64 Å². The number of carbonyl (C=O) groups excluding carboxylic acids is 1. The number of amides is 1. The summed E-state index contributed by atoms with van der Waals surface area (Å²) >= 11 is 0. The van der Waals surface area contributed by atoms with Crippen LogP contribution in [0.5, 0.6) is 5.88 Å². The number of fused-ring (bicyclic) bond motifs is 1. The van der Waals surface area contributed by atoms with Crippen LogP contribution in [0, 0.1) is 0 Å². The number of hydrogen-bond acceptors (Lipinski definition) is 3. The smallest absolute Gasteiger partial charge is 0.261 e. The van der Waals surface area contributed by atoms with Gasteiger partial charge in [-0.3, -0.25) is 4.79 Å². The topological polar surface area (TPSA) is 47.4 Å². The Morgan fingerprint density at radius 2 is 2.06 bits per heavy atom. The second kappa shape index (κ2) is 5.00. The van der Waals surface area contributed by atoms with Crippen molar-refractivity contribution < 1.29 is 9.53 Å². The van der Waals surface area contributed by atoms with Crippen LogP contribution in [0.3, 0.4) is 0 Å². The van der Waals surface area contributed by atoms with Crippen molar-refractivity contribution in [3.8, 4) is 5.88 Å². The predicted molar refractivity (Wildman–Crippen MR) is 68.8 cm³/mol. The molecule has 18 heavy (non-hydrogen) atoms. The summed E-state index contributed by atoms with van der Waals surface area (Å²) in [7, 11) is 0. The number of nitrogens with zero attached hydrogens (tertiary/aromatic N) is 3. The highest BCUT2D eigenvalue weighted by Crippen LogP contribution is 2.25. The normalized spacial score (nSPS) is 14.6. The fraction of sp³-hybridized carbons (Fsp3) is 0.692. The summed E-state index contributed by atoms with van der Waals surface area (Å²) in [5.74, 6) is 0.626. The molecule has 100 valence electrons. The lowest BCUT2D eigenvalue weighted by atomic mass is 10.2. The van der Waals surface area contributed by atoms with Gasteiger partial charge in [0.2, 0.25) is 5.88 Å². The second-order valence-corrected chi connectivity index (χ2v) is 5.19. The van der Waals surface area contributed by atoms with Gasteiger partial charge in [0.1, 0.15) is 5.56 Å². The molecular formula is C13H21N3O2. The van der Waals surface area contributed by atoms with Crippen LogP contribution in [0.4, 0.5) is 0 Å². The van der Waals surface area contributed by atoms with Gasteiger partial charge in [0.25, 0.3) is 5.91 Å². The van der Waals surface area contributed by atoms with Crippen LogP contribution in [0.1, 0.15) is 44.5 Å². The predicted octanol–water partition coefficient (Wildman–Crippen LogP) is 1.92. The van der Waals surface area contributed by atoms with E-state index < -0.39 is 0 Å². The quantitative estimate of drug-likeness (QED) is 0.824. The van der Waals surface area contributed by atoms with E-state index in [-0.39, 0.29) is 18.0 Å². The van der Waals surface area contributed by atoms with Crippen molar-refractivity contribution in [2.75, 3.05) is 6.61 Å². The number of ether oxygens (including phenoxy) is 1. The Morgan fingerprint density at radius 1 is 1.39 bits per heavy atom. The molecule has 0 atom stereocenters. The van der Waals surface area contributed by atoms with E-state index in [0.717, 1.165) is 13.0 Å². The summed E-state index contributed by atoms with van der Waals surface area (Å²) in [6.45, 7) is 9.58. The van der Waals surface area contributed by atoms with Crippen molar-refractivity contribution in [2.45, 2.75) is 52.7 Å². The van der Waals surface area contributed by atoms with Crippen molar-refractivity contribution >= 4 is 5.91 Å². The summed E-state index contributed by atoms with van der Waals surface area (Å²) in [6, 6.07) is 0.327. The fourth-order valence-corrected chi connectivity index (χ4v) is 2.42. The molecule has 0 spiro atoms. The minimum Gasteiger partial charge on any atom is -0.477 e. The molecule has 0 aliphatic carbocycles. The van der Waals surface area contributed by atoms with Crippen LogP contribution < -0.4 is 4.74 Å². The number of rotatable bonds is 3. The lowest BCUT2D eigenvalue weighted by molar-refractivity contribution is 0.0637. The SMILES string of the molecule is CC(C)N(C(=O)c1cnn2c1OCCC2)C(C)C. The first kappa shape index (κ1) is 12.9. The van der Waals surface area contributed by atoms with Crippen molar-refractivity contribution in [2.24, 2.45) is 0 Å². The van der Waals surface area contributed by atoms with Gasteiger partial charge in [-0.1, -0.05) is 0 Å². The van der Waals surface area contributed by atoms with Crippen molar-refractivity contribution in [3.63, 3.8) is 0 Å². The molecule has 1 aliphatic rings. The molecule has 2 heterocycles. The average Bonchev–Trinajstić information content (AvgIpc) is 2.71. The fourth-order valence-electron chi connectivity index (χ4n) is 2.42. The summed E-state index contributed by atoms with van der Waals surface area (Å²) in [4.78, 5) is 14.4. The molecular weight excluding hydrogens is 230 g/mol. The molecule has 0 fully saturated rings. The first-order valence-electron chi connectivity index (χ1n) is 6.53. The van der Waals surface area contributed by atoms with E-state index in [0.29, 0.717) is 18.1 Å². The first-order chi connectivity index (χ1) is 8.52. The maximum absolute atomic E-state index is 12.6. The molecule has 1 aromatic rings. The van der Waals surface area contributed by atoms with Crippen molar-refractivity contribution in [3.05, 3.63) is 11.8 Å². The van der Waals surface area contributed by atoms with E-state index in [1.807, 2.05) is 32.6 Å². The van der Waals surface area contributed by atoms with E-state index >= 15 is 0 Å². The summed E-state index contributed by atoms with van der Waals surface area (Å²) in [5, 5.41) is 4.22. The maximum atomic E-state index is 12.6. The zero-order valence-corrected chi connectivity index (χ0v) is 11.5. The van der Waals surface area contributed by atoms with Crippen LogP contribution in [-0.4, -0.2) is 39.3 Å². The Morgan fingerprint density at radius 3 is 2.67 bits per heavy atom. The molecule has 0 aromatic carbocycles. The largest absolute Gasteiger partial charge is 0.477 e. The molecule has 0 saturated heterocycles. The summed E-state index contributed by atoms with van der Waals surface area (Å²) < 4.78 is 7.35. The molecule has 0 saturated carbocycles. The van der Waals surface area contributed by atoms with Crippen LogP contribution >= 0.6 is 0 Å². The van der Waals surface area contributed by atoms with Gasteiger partial charge >= 0.3 is 0 Å². The Labute approximate surface area is 108 Å². The highest BCUT2D eigenvalue weighted by Gasteiger charge is 2.28. The van der Waals surface area contributed by atoms with Gasteiger partial charge in [-0.05, 0) is 27.7 Å². The van der Waals surface area contributed by atoms with Crippen LogP contribution in [0.15, 0.2) is 6.20 Å². The van der Waals surface area contributed by atoms with Crippen molar-refractivity contribution in [1.29, 1.82) is 0 Å². The zero-order chi connectivity index (χ0) is 13.3. The minimum absolute atomic E-state index is 0.00292. The molecule has 0 bridgehead atoms. The number of carbonyl (C=O) groups is 1. The number of aryl methyl sites for hydroxylation is 1. The van der Waals surface area contributed by atoms with Gasteiger partial charge in [-0.25, -0.2) is 4.68 Å². The number of aromatic nitrogens is 2.